The highest BCUT2D eigenvalue weighted by Crippen LogP contribution is 2.28. The molecule has 0 saturated carbocycles. The van der Waals surface area contributed by atoms with Crippen molar-refractivity contribution >= 4 is 21.7 Å². The van der Waals surface area contributed by atoms with E-state index in [9.17, 15) is 13.2 Å². The van der Waals surface area contributed by atoms with Crippen molar-refractivity contribution in [3.63, 3.8) is 0 Å². The van der Waals surface area contributed by atoms with Gasteiger partial charge in [-0.15, -0.1) is 0 Å². The third-order valence-electron chi connectivity index (χ3n) is 4.15. The number of anilines is 1. The fourth-order valence-electron chi connectivity index (χ4n) is 2.97. The van der Waals surface area contributed by atoms with Gasteiger partial charge in [0.15, 0.2) is 5.82 Å². The standard InChI is InChI=1S/C12H19N5O3S/c1-2-15-8-10(12(13)14-15)21(19,20)16-5-6-17-9(7-16)3-4-11(17)18/h8-9H,2-7H2,1H3,(H2,13,14). The molecule has 0 spiro atoms. The van der Waals surface area contributed by atoms with Crippen LogP contribution in [-0.4, -0.2) is 59.0 Å². The predicted octanol–water partition coefficient (Wildman–Crippen LogP) is -0.519. The number of hydrogen-bond donors (Lipinski definition) is 1. The van der Waals surface area contributed by atoms with Crippen LogP contribution < -0.4 is 5.73 Å². The number of amides is 1. The van der Waals surface area contributed by atoms with Crippen LogP contribution in [0.2, 0.25) is 0 Å². The Morgan fingerprint density at radius 3 is 2.86 bits per heavy atom. The number of piperazine rings is 1. The van der Waals surface area contributed by atoms with Crippen LogP contribution in [0, 0.1) is 0 Å². The van der Waals surface area contributed by atoms with Crippen molar-refractivity contribution in [3.8, 4) is 0 Å². The van der Waals surface area contributed by atoms with E-state index in [1.807, 2.05) is 6.92 Å². The van der Waals surface area contributed by atoms with E-state index >= 15 is 0 Å². The highest BCUT2D eigenvalue weighted by Gasteiger charge is 2.40. The average Bonchev–Trinajstić information content (AvgIpc) is 3.02. The maximum atomic E-state index is 12.7. The van der Waals surface area contributed by atoms with Gasteiger partial charge in [0.25, 0.3) is 0 Å². The molecule has 1 unspecified atom stereocenters. The Kier molecular flexibility index (Phi) is 3.40. The van der Waals surface area contributed by atoms with Crippen LogP contribution in [-0.2, 0) is 21.4 Å². The first-order valence-corrected chi connectivity index (χ1v) is 8.50. The van der Waals surface area contributed by atoms with Crippen molar-refractivity contribution in [2.75, 3.05) is 25.4 Å². The normalized spacial score (nSPS) is 23.6. The van der Waals surface area contributed by atoms with Gasteiger partial charge in [-0.1, -0.05) is 0 Å². The molecule has 0 bridgehead atoms. The van der Waals surface area contributed by atoms with Gasteiger partial charge in [0.05, 0.1) is 0 Å². The highest BCUT2D eigenvalue weighted by molar-refractivity contribution is 7.89. The maximum Gasteiger partial charge on any atom is 0.248 e. The van der Waals surface area contributed by atoms with E-state index in [1.54, 1.807) is 4.90 Å². The summed E-state index contributed by atoms with van der Waals surface area (Å²) in [6.45, 7) is 3.52. The summed E-state index contributed by atoms with van der Waals surface area (Å²) in [6.07, 6.45) is 2.69. The SMILES string of the molecule is CCn1cc(S(=O)(=O)N2CCN3C(=O)CCC3C2)c(N)n1. The summed E-state index contributed by atoms with van der Waals surface area (Å²) in [5.41, 5.74) is 5.74. The molecule has 2 aliphatic rings. The predicted molar refractivity (Wildman–Crippen MR) is 75.8 cm³/mol. The zero-order valence-electron chi connectivity index (χ0n) is 11.9. The molecule has 9 heteroatoms. The summed E-state index contributed by atoms with van der Waals surface area (Å²) in [7, 11) is -3.65. The number of nitrogens with two attached hydrogens (primary N) is 1. The van der Waals surface area contributed by atoms with Gasteiger partial charge in [0.1, 0.15) is 4.90 Å². The average molecular weight is 313 g/mol. The van der Waals surface area contributed by atoms with E-state index in [2.05, 4.69) is 5.10 Å². The van der Waals surface area contributed by atoms with E-state index in [1.165, 1.54) is 15.2 Å². The Morgan fingerprint density at radius 1 is 1.43 bits per heavy atom. The van der Waals surface area contributed by atoms with Crippen LogP contribution in [0.15, 0.2) is 11.1 Å². The number of sulfonamides is 1. The number of nitrogens with zero attached hydrogens (tertiary/aromatic N) is 4. The fraction of sp³-hybridized carbons (Fsp3) is 0.667. The second kappa shape index (κ2) is 4.99. The number of hydrogen-bond acceptors (Lipinski definition) is 5. The number of rotatable bonds is 3. The molecule has 8 nitrogen and oxygen atoms in total. The molecule has 21 heavy (non-hydrogen) atoms. The Hall–Kier alpha value is -1.61. The molecular formula is C12H19N5O3S. The zero-order chi connectivity index (χ0) is 15.2. The van der Waals surface area contributed by atoms with E-state index in [0.29, 0.717) is 39.0 Å². The van der Waals surface area contributed by atoms with Gasteiger partial charge in [0, 0.05) is 44.8 Å². The monoisotopic (exact) mass is 313 g/mol. The second-order valence-corrected chi connectivity index (χ2v) is 7.28. The minimum atomic E-state index is -3.65. The third kappa shape index (κ3) is 2.30. The molecule has 0 aliphatic carbocycles. The molecule has 1 aromatic rings. The molecule has 1 atom stereocenters. The van der Waals surface area contributed by atoms with Crippen LogP contribution in [0.5, 0.6) is 0 Å². The van der Waals surface area contributed by atoms with E-state index in [4.69, 9.17) is 5.73 Å². The number of carbonyl (C=O) groups is 1. The van der Waals surface area contributed by atoms with Crippen LogP contribution in [0.4, 0.5) is 5.82 Å². The largest absolute Gasteiger partial charge is 0.381 e. The summed E-state index contributed by atoms with van der Waals surface area (Å²) in [4.78, 5) is 13.5. The minimum absolute atomic E-state index is 0.0107. The van der Waals surface area contributed by atoms with E-state index < -0.39 is 10.0 Å². The highest BCUT2D eigenvalue weighted by atomic mass is 32.2. The molecule has 2 N–H and O–H groups in total. The lowest BCUT2D eigenvalue weighted by Crippen LogP contribution is -2.53. The molecule has 0 radical (unpaired) electrons. The number of aryl methyl sites for hydroxylation is 1. The summed E-state index contributed by atoms with van der Waals surface area (Å²) >= 11 is 0. The third-order valence-corrected chi connectivity index (χ3v) is 6.04. The molecule has 3 rings (SSSR count). The number of carbonyl (C=O) groups excluding carboxylic acids is 1. The van der Waals surface area contributed by atoms with Crippen molar-refractivity contribution < 1.29 is 13.2 Å². The molecule has 0 aromatic carbocycles. The van der Waals surface area contributed by atoms with Gasteiger partial charge in [-0.25, -0.2) is 8.42 Å². The molecule has 3 heterocycles. The van der Waals surface area contributed by atoms with E-state index in [-0.39, 0.29) is 22.7 Å². The van der Waals surface area contributed by atoms with Crippen molar-refractivity contribution in [2.24, 2.45) is 0 Å². The van der Waals surface area contributed by atoms with Gasteiger partial charge < -0.3 is 10.6 Å². The van der Waals surface area contributed by atoms with Crippen LogP contribution in [0.1, 0.15) is 19.8 Å². The summed E-state index contributed by atoms with van der Waals surface area (Å²) in [6, 6.07) is -0.0107. The second-order valence-electron chi connectivity index (χ2n) is 5.38. The Balaban J connectivity index is 1.85. The quantitative estimate of drug-likeness (QED) is 0.809. The van der Waals surface area contributed by atoms with Gasteiger partial charge in [0.2, 0.25) is 15.9 Å². The van der Waals surface area contributed by atoms with Crippen molar-refractivity contribution in [2.45, 2.75) is 37.2 Å². The molecule has 1 amide bonds. The first kappa shape index (κ1) is 14.3. The van der Waals surface area contributed by atoms with Crippen LogP contribution in [0.3, 0.4) is 0 Å². The van der Waals surface area contributed by atoms with Gasteiger partial charge in [-0.2, -0.15) is 9.40 Å². The Morgan fingerprint density at radius 2 is 2.19 bits per heavy atom. The van der Waals surface area contributed by atoms with E-state index in [0.717, 1.165) is 0 Å². The van der Waals surface area contributed by atoms with Gasteiger partial charge in [-0.3, -0.25) is 9.48 Å². The topological polar surface area (TPSA) is 102 Å². The Labute approximate surface area is 123 Å². The molecule has 2 fully saturated rings. The smallest absolute Gasteiger partial charge is 0.248 e. The van der Waals surface area contributed by atoms with Crippen molar-refractivity contribution in [3.05, 3.63) is 6.20 Å². The summed E-state index contributed by atoms with van der Waals surface area (Å²) in [5.74, 6) is 0.150. The number of nitrogen functional groups attached to an aromatic ring is 1. The van der Waals surface area contributed by atoms with Gasteiger partial charge in [-0.05, 0) is 13.3 Å². The van der Waals surface area contributed by atoms with Crippen LogP contribution in [0.25, 0.3) is 0 Å². The molecule has 1 aromatic heterocycles. The molecule has 2 saturated heterocycles. The maximum absolute atomic E-state index is 12.7. The number of aromatic nitrogens is 2. The van der Waals surface area contributed by atoms with Crippen molar-refractivity contribution in [1.29, 1.82) is 0 Å². The van der Waals surface area contributed by atoms with Crippen molar-refractivity contribution in [1.82, 2.24) is 19.0 Å². The minimum Gasteiger partial charge on any atom is -0.381 e. The summed E-state index contributed by atoms with van der Waals surface area (Å²) < 4.78 is 28.3. The zero-order valence-corrected chi connectivity index (χ0v) is 12.7. The summed E-state index contributed by atoms with van der Waals surface area (Å²) in [5, 5.41) is 3.99. The first-order valence-electron chi connectivity index (χ1n) is 7.06. The van der Waals surface area contributed by atoms with Crippen LogP contribution >= 0.6 is 0 Å². The molecule has 2 aliphatic heterocycles. The Bertz CT molecular complexity index is 668. The molecule has 116 valence electrons. The lowest BCUT2D eigenvalue weighted by atomic mass is 10.2. The first-order chi connectivity index (χ1) is 9.93. The molecular weight excluding hydrogens is 294 g/mol. The fourth-order valence-corrected chi connectivity index (χ4v) is 4.50. The van der Waals surface area contributed by atoms with Gasteiger partial charge >= 0.3 is 0 Å². The lowest BCUT2D eigenvalue weighted by molar-refractivity contribution is -0.130. The number of fused-ring (bicyclic) bond motifs is 1. The lowest BCUT2D eigenvalue weighted by Gasteiger charge is -2.36.